The fraction of sp³-hybridized carbons (Fsp3) is 0.259. The molecule has 2 aromatic heterocycles. The van der Waals surface area contributed by atoms with Gasteiger partial charge in [-0.25, -0.2) is 0 Å². The van der Waals surface area contributed by atoms with Crippen molar-refractivity contribution >= 4 is 10.9 Å². The van der Waals surface area contributed by atoms with Gasteiger partial charge in [0.05, 0.1) is 24.9 Å². The zero-order chi connectivity index (χ0) is 21.8. The standard InChI is InChI=1S/C27H27N3O2/c1-31-23-10-7-20(8-11-23)16-21-9-12-26(29-17-21)27-19-30(14-15-32-27)18-22-4-2-6-25-24(22)5-3-13-28-25/h2-13,17,27H,14-16,18-19H2,1H3. The van der Waals surface area contributed by atoms with Crippen LogP contribution in [0.3, 0.4) is 0 Å². The van der Waals surface area contributed by atoms with Crippen LogP contribution in [0.25, 0.3) is 10.9 Å². The Morgan fingerprint density at radius 1 is 0.969 bits per heavy atom. The topological polar surface area (TPSA) is 47.5 Å². The molecule has 2 aromatic carbocycles. The van der Waals surface area contributed by atoms with Crippen LogP contribution in [0.4, 0.5) is 0 Å². The number of hydrogen-bond acceptors (Lipinski definition) is 5. The van der Waals surface area contributed by atoms with E-state index in [0.29, 0.717) is 6.61 Å². The number of fused-ring (bicyclic) bond motifs is 1. The number of ether oxygens (including phenoxy) is 2. The third kappa shape index (κ3) is 4.64. The number of morpholine rings is 1. The summed E-state index contributed by atoms with van der Waals surface area (Å²) in [7, 11) is 1.69. The molecule has 1 fully saturated rings. The molecule has 162 valence electrons. The molecule has 32 heavy (non-hydrogen) atoms. The first-order valence-electron chi connectivity index (χ1n) is 11.0. The number of pyridine rings is 2. The Bertz CT molecular complexity index is 1170. The van der Waals surface area contributed by atoms with Gasteiger partial charge in [-0.3, -0.25) is 14.9 Å². The maximum Gasteiger partial charge on any atom is 0.118 e. The van der Waals surface area contributed by atoms with Crippen LogP contribution in [-0.2, 0) is 17.7 Å². The van der Waals surface area contributed by atoms with Gasteiger partial charge in [-0.2, -0.15) is 0 Å². The number of aromatic nitrogens is 2. The molecular formula is C27H27N3O2. The monoisotopic (exact) mass is 425 g/mol. The second-order valence-corrected chi connectivity index (χ2v) is 8.20. The SMILES string of the molecule is COc1ccc(Cc2ccc(C3CN(Cc4cccc5ncccc45)CCO3)nc2)cc1. The molecule has 5 heteroatoms. The van der Waals surface area contributed by atoms with Gasteiger partial charge < -0.3 is 9.47 Å². The minimum absolute atomic E-state index is 0.00751. The molecule has 0 amide bonds. The third-order valence-corrected chi connectivity index (χ3v) is 6.03. The van der Waals surface area contributed by atoms with E-state index < -0.39 is 0 Å². The Morgan fingerprint density at radius 3 is 2.66 bits per heavy atom. The predicted molar refractivity (Wildman–Crippen MR) is 126 cm³/mol. The van der Waals surface area contributed by atoms with Crippen molar-refractivity contribution in [1.82, 2.24) is 14.9 Å². The van der Waals surface area contributed by atoms with Crippen molar-refractivity contribution < 1.29 is 9.47 Å². The predicted octanol–water partition coefficient (Wildman–Crippen LogP) is 4.80. The molecule has 0 bridgehead atoms. The summed E-state index contributed by atoms with van der Waals surface area (Å²) in [5, 5.41) is 1.22. The van der Waals surface area contributed by atoms with Crippen molar-refractivity contribution in [3.05, 3.63) is 102 Å². The summed E-state index contributed by atoms with van der Waals surface area (Å²) in [4.78, 5) is 11.7. The van der Waals surface area contributed by atoms with Gasteiger partial charge in [0.15, 0.2) is 0 Å². The van der Waals surface area contributed by atoms with Gasteiger partial charge in [0, 0.05) is 37.4 Å². The summed E-state index contributed by atoms with van der Waals surface area (Å²) in [6.45, 7) is 3.35. The van der Waals surface area contributed by atoms with Crippen LogP contribution in [0.1, 0.15) is 28.5 Å². The molecule has 0 N–H and O–H groups in total. The minimum atomic E-state index is -0.00751. The molecular weight excluding hydrogens is 398 g/mol. The molecule has 1 unspecified atom stereocenters. The molecule has 1 aliphatic rings. The third-order valence-electron chi connectivity index (χ3n) is 6.03. The van der Waals surface area contributed by atoms with Crippen molar-refractivity contribution in [1.29, 1.82) is 0 Å². The zero-order valence-corrected chi connectivity index (χ0v) is 18.3. The van der Waals surface area contributed by atoms with Crippen LogP contribution in [0.15, 0.2) is 79.1 Å². The molecule has 5 rings (SSSR count). The fourth-order valence-corrected chi connectivity index (χ4v) is 4.28. The molecule has 0 radical (unpaired) electrons. The van der Waals surface area contributed by atoms with Crippen molar-refractivity contribution in [2.75, 3.05) is 26.8 Å². The highest BCUT2D eigenvalue weighted by Gasteiger charge is 2.23. The second kappa shape index (κ2) is 9.47. The zero-order valence-electron chi connectivity index (χ0n) is 18.3. The minimum Gasteiger partial charge on any atom is -0.497 e. The van der Waals surface area contributed by atoms with Crippen LogP contribution in [0.5, 0.6) is 5.75 Å². The maximum atomic E-state index is 6.07. The van der Waals surface area contributed by atoms with Crippen LogP contribution < -0.4 is 4.74 Å². The highest BCUT2D eigenvalue weighted by molar-refractivity contribution is 5.81. The van der Waals surface area contributed by atoms with Gasteiger partial charge in [0.2, 0.25) is 0 Å². The van der Waals surface area contributed by atoms with Gasteiger partial charge in [-0.1, -0.05) is 36.4 Å². The molecule has 0 spiro atoms. The number of nitrogens with zero attached hydrogens (tertiary/aromatic N) is 3. The van der Waals surface area contributed by atoms with E-state index in [1.807, 2.05) is 30.6 Å². The van der Waals surface area contributed by atoms with Crippen LogP contribution in [0, 0.1) is 0 Å². The summed E-state index contributed by atoms with van der Waals surface area (Å²) in [5.41, 5.74) is 5.77. The van der Waals surface area contributed by atoms with E-state index in [2.05, 4.69) is 58.4 Å². The Labute approximate surface area is 188 Å². The van der Waals surface area contributed by atoms with Crippen molar-refractivity contribution in [3.8, 4) is 5.75 Å². The van der Waals surface area contributed by atoms with E-state index in [9.17, 15) is 0 Å². The molecule has 0 saturated carbocycles. The van der Waals surface area contributed by atoms with E-state index in [-0.39, 0.29) is 6.10 Å². The second-order valence-electron chi connectivity index (χ2n) is 8.20. The molecule has 3 heterocycles. The molecule has 1 aliphatic heterocycles. The molecule has 1 saturated heterocycles. The number of benzene rings is 2. The average Bonchev–Trinajstić information content (AvgIpc) is 2.85. The molecule has 4 aromatic rings. The van der Waals surface area contributed by atoms with Crippen LogP contribution >= 0.6 is 0 Å². The van der Waals surface area contributed by atoms with Crippen LogP contribution in [0.2, 0.25) is 0 Å². The van der Waals surface area contributed by atoms with E-state index in [1.165, 1.54) is 22.1 Å². The first kappa shape index (κ1) is 20.6. The number of rotatable bonds is 6. The van der Waals surface area contributed by atoms with Gasteiger partial charge in [-0.05, 0) is 53.4 Å². The lowest BCUT2D eigenvalue weighted by molar-refractivity contribution is -0.0348. The first-order valence-corrected chi connectivity index (χ1v) is 11.0. The quantitative estimate of drug-likeness (QED) is 0.444. The summed E-state index contributed by atoms with van der Waals surface area (Å²) in [6, 6.07) is 22.9. The summed E-state index contributed by atoms with van der Waals surface area (Å²) in [6.07, 6.45) is 4.66. The van der Waals surface area contributed by atoms with E-state index in [4.69, 9.17) is 14.5 Å². The lowest BCUT2D eigenvalue weighted by Crippen LogP contribution is -2.38. The smallest absolute Gasteiger partial charge is 0.118 e. The highest BCUT2D eigenvalue weighted by Crippen LogP contribution is 2.25. The van der Waals surface area contributed by atoms with Gasteiger partial charge >= 0.3 is 0 Å². The summed E-state index contributed by atoms with van der Waals surface area (Å²) in [5.74, 6) is 0.876. The highest BCUT2D eigenvalue weighted by atomic mass is 16.5. The van der Waals surface area contributed by atoms with Crippen molar-refractivity contribution in [3.63, 3.8) is 0 Å². The van der Waals surface area contributed by atoms with E-state index in [1.54, 1.807) is 7.11 Å². The Balaban J connectivity index is 1.25. The fourth-order valence-electron chi connectivity index (χ4n) is 4.28. The summed E-state index contributed by atoms with van der Waals surface area (Å²) < 4.78 is 11.3. The molecule has 0 aliphatic carbocycles. The maximum absolute atomic E-state index is 6.07. The average molecular weight is 426 g/mol. The molecule has 5 nitrogen and oxygen atoms in total. The van der Waals surface area contributed by atoms with Gasteiger partial charge in [0.1, 0.15) is 11.9 Å². The summed E-state index contributed by atoms with van der Waals surface area (Å²) >= 11 is 0. The van der Waals surface area contributed by atoms with E-state index >= 15 is 0 Å². The largest absolute Gasteiger partial charge is 0.497 e. The Kier molecular flexibility index (Phi) is 6.10. The van der Waals surface area contributed by atoms with Gasteiger partial charge in [-0.15, -0.1) is 0 Å². The Morgan fingerprint density at radius 2 is 1.84 bits per heavy atom. The number of hydrogen-bond donors (Lipinski definition) is 0. The van der Waals surface area contributed by atoms with E-state index in [0.717, 1.165) is 43.0 Å². The lowest BCUT2D eigenvalue weighted by Gasteiger charge is -2.33. The normalized spacial score (nSPS) is 16.8. The van der Waals surface area contributed by atoms with Crippen molar-refractivity contribution in [2.45, 2.75) is 19.1 Å². The lowest BCUT2D eigenvalue weighted by atomic mass is 10.0. The van der Waals surface area contributed by atoms with Crippen LogP contribution in [-0.4, -0.2) is 41.7 Å². The van der Waals surface area contributed by atoms with Crippen molar-refractivity contribution in [2.24, 2.45) is 0 Å². The van der Waals surface area contributed by atoms with Gasteiger partial charge in [0.25, 0.3) is 0 Å². The molecule has 1 atom stereocenters. The first-order chi connectivity index (χ1) is 15.8. The number of methoxy groups -OCH3 is 1. The Hall–Kier alpha value is -3.28.